The molecule has 0 spiro atoms. The van der Waals surface area contributed by atoms with Gasteiger partial charge in [-0.15, -0.1) is 0 Å². The second kappa shape index (κ2) is 6.59. The van der Waals surface area contributed by atoms with Crippen molar-refractivity contribution < 1.29 is 14.6 Å². The van der Waals surface area contributed by atoms with Gasteiger partial charge < -0.3 is 10.1 Å². The Morgan fingerprint density at radius 3 is 2.67 bits per heavy atom. The summed E-state index contributed by atoms with van der Waals surface area (Å²) in [5, 5.41) is 24.8. The van der Waals surface area contributed by atoms with Gasteiger partial charge in [0.05, 0.1) is 22.0 Å². The lowest BCUT2D eigenvalue weighted by molar-refractivity contribution is -0.394. The molecule has 21 heavy (non-hydrogen) atoms. The van der Waals surface area contributed by atoms with Gasteiger partial charge in [0.15, 0.2) is 0 Å². The third kappa shape index (κ3) is 3.73. The third-order valence-corrected chi connectivity index (χ3v) is 3.73. The van der Waals surface area contributed by atoms with E-state index in [9.17, 15) is 20.2 Å². The molecular weight excluding hydrogens is 278 g/mol. The van der Waals surface area contributed by atoms with Gasteiger partial charge in [0.25, 0.3) is 11.4 Å². The standard InChI is InChI=1S/C13H17N3O5/c1-9-10(4-5-21-9)7-14-8-11-2-3-12(15(17)18)6-13(11)16(19)20/h2-3,6,9-10,14H,4-5,7-8H2,1H3. The molecule has 2 atom stereocenters. The SMILES string of the molecule is CC1OCCC1CNCc1ccc([N+](=O)[O-])cc1[N+](=O)[O-]. The van der Waals surface area contributed by atoms with Crippen LogP contribution in [0.15, 0.2) is 18.2 Å². The van der Waals surface area contributed by atoms with Crippen molar-refractivity contribution in [3.8, 4) is 0 Å². The summed E-state index contributed by atoms with van der Waals surface area (Å²) in [6.45, 7) is 3.76. The zero-order valence-electron chi connectivity index (χ0n) is 11.7. The number of nitrogens with zero attached hydrogens (tertiary/aromatic N) is 2. The molecule has 1 aromatic rings. The van der Waals surface area contributed by atoms with Crippen molar-refractivity contribution in [2.45, 2.75) is 26.0 Å². The summed E-state index contributed by atoms with van der Waals surface area (Å²) in [6.07, 6.45) is 1.15. The fourth-order valence-corrected chi connectivity index (χ4v) is 2.42. The second-order valence-corrected chi connectivity index (χ2v) is 5.08. The van der Waals surface area contributed by atoms with E-state index < -0.39 is 9.85 Å². The van der Waals surface area contributed by atoms with Crippen LogP contribution in [0.1, 0.15) is 18.9 Å². The highest BCUT2D eigenvalue weighted by atomic mass is 16.6. The number of nitro groups is 2. The van der Waals surface area contributed by atoms with Crippen LogP contribution in [0.2, 0.25) is 0 Å². The van der Waals surface area contributed by atoms with Gasteiger partial charge in [-0.1, -0.05) is 0 Å². The summed E-state index contributed by atoms with van der Waals surface area (Å²) < 4.78 is 5.45. The molecule has 0 saturated carbocycles. The van der Waals surface area contributed by atoms with Gasteiger partial charge in [-0.25, -0.2) is 0 Å². The number of ether oxygens (including phenoxy) is 1. The summed E-state index contributed by atoms with van der Waals surface area (Å²) in [5.41, 5.74) is -0.0622. The van der Waals surface area contributed by atoms with E-state index in [-0.39, 0.29) is 17.5 Å². The summed E-state index contributed by atoms with van der Waals surface area (Å²) in [5.74, 6) is 0.391. The van der Waals surface area contributed by atoms with Gasteiger partial charge in [-0.2, -0.15) is 0 Å². The Kier molecular flexibility index (Phi) is 4.81. The maximum absolute atomic E-state index is 11.0. The predicted molar refractivity (Wildman–Crippen MR) is 75.0 cm³/mol. The molecule has 1 saturated heterocycles. The van der Waals surface area contributed by atoms with E-state index in [1.165, 1.54) is 12.1 Å². The number of benzene rings is 1. The zero-order chi connectivity index (χ0) is 15.4. The van der Waals surface area contributed by atoms with Crippen molar-refractivity contribution in [3.63, 3.8) is 0 Å². The number of rotatable bonds is 6. The van der Waals surface area contributed by atoms with Crippen molar-refractivity contribution in [2.24, 2.45) is 5.92 Å². The lowest BCUT2D eigenvalue weighted by Crippen LogP contribution is -2.26. The first-order valence-corrected chi connectivity index (χ1v) is 6.73. The molecule has 114 valence electrons. The lowest BCUT2D eigenvalue weighted by atomic mass is 10.0. The van der Waals surface area contributed by atoms with Gasteiger partial charge in [0.2, 0.25) is 0 Å². The Labute approximate surface area is 121 Å². The molecule has 1 aliphatic rings. The average molecular weight is 295 g/mol. The molecule has 0 aromatic heterocycles. The highest BCUT2D eigenvalue weighted by molar-refractivity contribution is 5.49. The fraction of sp³-hybridized carbons (Fsp3) is 0.538. The van der Waals surface area contributed by atoms with Gasteiger partial charge in [0, 0.05) is 31.3 Å². The van der Waals surface area contributed by atoms with E-state index in [0.29, 0.717) is 24.6 Å². The van der Waals surface area contributed by atoms with Crippen LogP contribution in [-0.4, -0.2) is 29.1 Å². The zero-order valence-corrected chi connectivity index (χ0v) is 11.7. The molecule has 8 heteroatoms. The number of non-ortho nitro benzene ring substituents is 1. The van der Waals surface area contributed by atoms with E-state index >= 15 is 0 Å². The molecular formula is C13H17N3O5. The van der Waals surface area contributed by atoms with Crippen LogP contribution in [0.4, 0.5) is 11.4 Å². The van der Waals surface area contributed by atoms with Gasteiger partial charge in [0.1, 0.15) is 0 Å². The summed E-state index contributed by atoms with van der Waals surface area (Å²) in [7, 11) is 0. The Balaban J connectivity index is 2.02. The minimum Gasteiger partial charge on any atom is -0.378 e. The first-order chi connectivity index (χ1) is 9.99. The van der Waals surface area contributed by atoms with Crippen molar-refractivity contribution in [1.29, 1.82) is 0 Å². The Morgan fingerprint density at radius 2 is 2.10 bits per heavy atom. The summed E-state index contributed by atoms with van der Waals surface area (Å²) in [4.78, 5) is 20.4. The summed E-state index contributed by atoms with van der Waals surface area (Å²) >= 11 is 0. The molecule has 0 amide bonds. The van der Waals surface area contributed by atoms with E-state index in [0.717, 1.165) is 19.1 Å². The van der Waals surface area contributed by atoms with E-state index in [4.69, 9.17) is 4.74 Å². The second-order valence-electron chi connectivity index (χ2n) is 5.08. The molecule has 1 aliphatic heterocycles. The smallest absolute Gasteiger partial charge is 0.280 e. The average Bonchev–Trinajstić information content (AvgIpc) is 2.84. The first kappa shape index (κ1) is 15.3. The highest BCUT2D eigenvalue weighted by Gasteiger charge is 2.24. The number of nitrogens with one attached hydrogen (secondary N) is 1. The molecule has 1 fully saturated rings. The van der Waals surface area contributed by atoms with E-state index in [1.54, 1.807) is 0 Å². The van der Waals surface area contributed by atoms with Crippen LogP contribution in [0.25, 0.3) is 0 Å². The van der Waals surface area contributed by atoms with Gasteiger partial charge >= 0.3 is 0 Å². The minimum absolute atomic E-state index is 0.185. The number of nitro benzene ring substituents is 2. The Hall–Kier alpha value is -2.06. The molecule has 0 aliphatic carbocycles. The quantitative estimate of drug-likeness (QED) is 0.635. The molecule has 8 nitrogen and oxygen atoms in total. The van der Waals surface area contributed by atoms with Crippen LogP contribution < -0.4 is 5.32 Å². The maximum atomic E-state index is 11.0. The van der Waals surface area contributed by atoms with Crippen LogP contribution in [0.5, 0.6) is 0 Å². The topological polar surface area (TPSA) is 108 Å². The molecule has 2 rings (SSSR count). The molecule has 1 heterocycles. The monoisotopic (exact) mass is 295 g/mol. The normalized spacial score (nSPS) is 21.4. The summed E-state index contributed by atoms with van der Waals surface area (Å²) in [6, 6.07) is 3.71. The number of hydrogen-bond acceptors (Lipinski definition) is 6. The van der Waals surface area contributed by atoms with Crippen molar-refractivity contribution >= 4 is 11.4 Å². The Morgan fingerprint density at radius 1 is 1.33 bits per heavy atom. The van der Waals surface area contributed by atoms with Crippen molar-refractivity contribution in [1.82, 2.24) is 5.32 Å². The van der Waals surface area contributed by atoms with Gasteiger partial charge in [-0.05, 0) is 25.3 Å². The molecule has 0 bridgehead atoms. The lowest BCUT2D eigenvalue weighted by Gasteiger charge is -2.14. The third-order valence-electron chi connectivity index (χ3n) is 3.73. The van der Waals surface area contributed by atoms with E-state index in [1.807, 2.05) is 6.92 Å². The van der Waals surface area contributed by atoms with Crippen LogP contribution >= 0.6 is 0 Å². The Bertz CT molecular complexity index is 549. The van der Waals surface area contributed by atoms with Crippen molar-refractivity contribution in [2.75, 3.05) is 13.2 Å². The van der Waals surface area contributed by atoms with Crippen molar-refractivity contribution in [3.05, 3.63) is 44.0 Å². The first-order valence-electron chi connectivity index (χ1n) is 6.73. The van der Waals surface area contributed by atoms with Gasteiger partial charge in [-0.3, -0.25) is 20.2 Å². The van der Waals surface area contributed by atoms with Crippen LogP contribution in [-0.2, 0) is 11.3 Å². The molecule has 1 N–H and O–H groups in total. The van der Waals surface area contributed by atoms with Crippen LogP contribution in [0, 0.1) is 26.1 Å². The largest absolute Gasteiger partial charge is 0.378 e. The fourth-order valence-electron chi connectivity index (χ4n) is 2.42. The molecule has 0 radical (unpaired) electrons. The number of hydrogen-bond donors (Lipinski definition) is 1. The van der Waals surface area contributed by atoms with E-state index in [2.05, 4.69) is 5.32 Å². The minimum atomic E-state index is -0.637. The predicted octanol–water partition coefficient (Wildman–Crippen LogP) is 2.02. The highest BCUT2D eigenvalue weighted by Crippen LogP contribution is 2.25. The molecule has 2 unspecified atom stereocenters. The molecule has 1 aromatic carbocycles. The van der Waals surface area contributed by atoms with Crippen LogP contribution in [0.3, 0.4) is 0 Å². The maximum Gasteiger partial charge on any atom is 0.280 e.